The number of rotatable bonds is 9. The van der Waals surface area contributed by atoms with Gasteiger partial charge in [0.25, 0.3) is 0 Å². The quantitative estimate of drug-likeness (QED) is 0.671. The molecule has 1 rings (SSSR count). The maximum absolute atomic E-state index is 9.72. The van der Waals surface area contributed by atoms with Gasteiger partial charge in [-0.25, -0.2) is 0 Å². The van der Waals surface area contributed by atoms with Crippen molar-refractivity contribution in [3.63, 3.8) is 0 Å². The monoisotopic (exact) mass is 351 g/mol. The van der Waals surface area contributed by atoms with Crippen LogP contribution >= 0.6 is 27.5 Å². The molecule has 108 valence electrons. The van der Waals surface area contributed by atoms with Gasteiger partial charge in [0.15, 0.2) is 0 Å². The summed E-state index contributed by atoms with van der Waals surface area (Å²) in [7, 11) is 0. The summed E-state index contributed by atoms with van der Waals surface area (Å²) in [6.07, 6.45) is -0.559. The van der Waals surface area contributed by atoms with E-state index in [-0.39, 0.29) is 6.61 Å². The summed E-state index contributed by atoms with van der Waals surface area (Å²) in [5, 5.41) is 13.5. The van der Waals surface area contributed by atoms with Crippen LogP contribution in [0.15, 0.2) is 22.7 Å². The second kappa shape index (κ2) is 9.55. The van der Waals surface area contributed by atoms with Crippen molar-refractivity contribution < 1.29 is 14.6 Å². The summed E-state index contributed by atoms with van der Waals surface area (Å²) in [5.41, 5.74) is 0.893. The van der Waals surface area contributed by atoms with E-state index in [1.165, 1.54) is 0 Å². The Hall–Kier alpha value is -0.330. The lowest BCUT2D eigenvalue weighted by molar-refractivity contribution is 0.0103. The van der Waals surface area contributed by atoms with Gasteiger partial charge in [0.1, 0.15) is 0 Å². The maximum atomic E-state index is 9.72. The van der Waals surface area contributed by atoms with Crippen molar-refractivity contribution in [3.05, 3.63) is 27.7 Å². The Labute approximate surface area is 127 Å². The van der Waals surface area contributed by atoms with Crippen LogP contribution in [0.1, 0.15) is 6.92 Å². The van der Waals surface area contributed by atoms with Crippen molar-refractivity contribution in [1.29, 1.82) is 0 Å². The Balaban J connectivity index is 2.18. The summed E-state index contributed by atoms with van der Waals surface area (Å²) in [4.78, 5) is 0. The molecule has 19 heavy (non-hydrogen) atoms. The van der Waals surface area contributed by atoms with Crippen molar-refractivity contribution in [2.45, 2.75) is 13.0 Å². The van der Waals surface area contributed by atoms with E-state index in [0.29, 0.717) is 31.4 Å². The minimum Gasteiger partial charge on any atom is -0.389 e. The summed E-state index contributed by atoms with van der Waals surface area (Å²) in [6.45, 7) is 4.37. The van der Waals surface area contributed by atoms with Crippen molar-refractivity contribution in [2.24, 2.45) is 0 Å². The summed E-state index contributed by atoms with van der Waals surface area (Å²) in [5.74, 6) is 0. The highest BCUT2D eigenvalue weighted by Crippen LogP contribution is 2.25. The lowest BCUT2D eigenvalue weighted by Gasteiger charge is -2.13. The fourth-order valence-corrected chi connectivity index (χ4v) is 1.88. The van der Waals surface area contributed by atoms with Crippen molar-refractivity contribution in [1.82, 2.24) is 0 Å². The fourth-order valence-electron chi connectivity index (χ4n) is 1.38. The zero-order valence-electron chi connectivity index (χ0n) is 10.9. The van der Waals surface area contributed by atoms with Crippen LogP contribution in [0.25, 0.3) is 0 Å². The fraction of sp³-hybridized carbons (Fsp3) is 0.538. The van der Waals surface area contributed by atoms with Crippen LogP contribution < -0.4 is 5.32 Å². The van der Waals surface area contributed by atoms with Crippen molar-refractivity contribution >= 4 is 33.2 Å². The van der Waals surface area contributed by atoms with Gasteiger partial charge in [0.2, 0.25) is 0 Å². The van der Waals surface area contributed by atoms with Gasteiger partial charge in [-0.3, -0.25) is 0 Å². The Kier molecular flexibility index (Phi) is 8.41. The highest BCUT2D eigenvalue weighted by molar-refractivity contribution is 9.10. The SMILES string of the molecule is CCOCCOCC(O)CNc1ccc(Cl)c(Br)c1. The molecule has 6 heteroatoms. The molecule has 0 aromatic heterocycles. The number of aliphatic hydroxyl groups excluding tert-OH is 1. The molecule has 1 atom stereocenters. The van der Waals surface area contributed by atoms with E-state index in [1.807, 2.05) is 19.1 Å². The second-order valence-electron chi connectivity index (χ2n) is 3.94. The van der Waals surface area contributed by atoms with Gasteiger partial charge in [0, 0.05) is 23.3 Å². The lowest BCUT2D eigenvalue weighted by atomic mass is 10.3. The standard InChI is InChI=1S/C13H19BrClNO3/c1-2-18-5-6-19-9-11(17)8-16-10-3-4-13(15)12(14)7-10/h3-4,7,11,16-17H,2,5-6,8-9H2,1H3. The molecular weight excluding hydrogens is 334 g/mol. The minimum absolute atomic E-state index is 0.287. The predicted octanol–water partition coefficient (Wildman–Crippen LogP) is 2.93. The van der Waals surface area contributed by atoms with Gasteiger partial charge in [-0.05, 0) is 41.1 Å². The first-order chi connectivity index (χ1) is 9.13. The predicted molar refractivity (Wildman–Crippen MR) is 81.0 cm³/mol. The van der Waals surface area contributed by atoms with E-state index in [9.17, 15) is 5.11 Å². The third-order valence-electron chi connectivity index (χ3n) is 2.35. The average Bonchev–Trinajstić information content (AvgIpc) is 2.40. The summed E-state index contributed by atoms with van der Waals surface area (Å²) >= 11 is 9.24. The highest BCUT2D eigenvalue weighted by Gasteiger charge is 2.05. The summed E-state index contributed by atoms with van der Waals surface area (Å²) < 4.78 is 11.2. The molecule has 0 aliphatic rings. The van der Waals surface area contributed by atoms with Crippen LogP contribution in [-0.2, 0) is 9.47 Å². The molecule has 4 nitrogen and oxygen atoms in total. The molecule has 0 saturated heterocycles. The molecular formula is C13H19BrClNO3. The normalized spacial score (nSPS) is 12.4. The topological polar surface area (TPSA) is 50.7 Å². The number of halogens is 2. The molecule has 0 aliphatic heterocycles. The highest BCUT2D eigenvalue weighted by atomic mass is 79.9. The van der Waals surface area contributed by atoms with Gasteiger partial charge in [0.05, 0.1) is 30.9 Å². The minimum atomic E-state index is -0.559. The maximum Gasteiger partial charge on any atom is 0.0945 e. The van der Waals surface area contributed by atoms with E-state index < -0.39 is 6.10 Å². The number of hydrogen-bond acceptors (Lipinski definition) is 4. The third-order valence-corrected chi connectivity index (χ3v) is 3.56. The Morgan fingerprint density at radius 3 is 2.79 bits per heavy atom. The molecule has 0 spiro atoms. The van der Waals surface area contributed by atoms with Gasteiger partial charge >= 0.3 is 0 Å². The van der Waals surface area contributed by atoms with Crippen molar-refractivity contribution in [3.8, 4) is 0 Å². The summed E-state index contributed by atoms with van der Waals surface area (Å²) in [6, 6.07) is 5.51. The molecule has 1 aromatic carbocycles. The van der Waals surface area contributed by atoms with Crippen LogP contribution in [-0.4, -0.2) is 44.2 Å². The second-order valence-corrected chi connectivity index (χ2v) is 5.20. The average molecular weight is 353 g/mol. The first kappa shape index (κ1) is 16.7. The smallest absolute Gasteiger partial charge is 0.0945 e. The third kappa shape index (κ3) is 7.13. The Morgan fingerprint density at radius 1 is 1.37 bits per heavy atom. The molecule has 2 N–H and O–H groups in total. The van der Waals surface area contributed by atoms with E-state index in [2.05, 4.69) is 21.2 Å². The Bertz CT molecular complexity index is 379. The van der Waals surface area contributed by atoms with E-state index >= 15 is 0 Å². The number of ether oxygens (including phenoxy) is 2. The first-order valence-electron chi connectivity index (χ1n) is 6.16. The molecule has 0 radical (unpaired) electrons. The number of aliphatic hydroxyl groups is 1. The van der Waals surface area contributed by atoms with E-state index in [0.717, 1.165) is 10.2 Å². The molecule has 0 saturated carbocycles. The van der Waals surface area contributed by atoms with E-state index in [1.54, 1.807) is 6.07 Å². The van der Waals surface area contributed by atoms with Gasteiger partial charge in [-0.1, -0.05) is 11.6 Å². The van der Waals surface area contributed by atoms with Crippen molar-refractivity contribution in [2.75, 3.05) is 38.3 Å². The zero-order valence-corrected chi connectivity index (χ0v) is 13.2. The number of anilines is 1. The molecule has 0 fully saturated rings. The van der Waals surface area contributed by atoms with Crippen LogP contribution in [0.3, 0.4) is 0 Å². The lowest BCUT2D eigenvalue weighted by Crippen LogP contribution is -2.25. The molecule has 0 aliphatic carbocycles. The molecule has 1 unspecified atom stereocenters. The zero-order chi connectivity index (χ0) is 14.1. The van der Waals surface area contributed by atoms with Gasteiger partial charge in [-0.2, -0.15) is 0 Å². The molecule has 0 amide bonds. The van der Waals surface area contributed by atoms with Crippen LogP contribution in [0.4, 0.5) is 5.69 Å². The number of nitrogens with one attached hydrogen (secondary N) is 1. The Morgan fingerprint density at radius 2 is 2.11 bits per heavy atom. The van der Waals surface area contributed by atoms with Crippen LogP contribution in [0.5, 0.6) is 0 Å². The van der Waals surface area contributed by atoms with Gasteiger partial charge in [-0.15, -0.1) is 0 Å². The van der Waals surface area contributed by atoms with Crippen LogP contribution in [0, 0.1) is 0 Å². The van der Waals surface area contributed by atoms with E-state index in [4.69, 9.17) is 21.1 Å². The number of hydrogen-bond donors (Lipinski definition) is 2. The number of benzene rings is 1. The molecule has 0 bridgehead atoms. The largest absolute Gasteiger partial charge is 0.389 e. The molecule has 1 aromatic rings. The first-order valence-corrected chi connectivity index (χ1v) is 7.33. The van der Waals surface area contributed by atoms with Gasteiger partial charge < -0.3 is 19.9 Å². The van der Waals surface area contributed by atoms with Crippen LogP contribution in [0.2, 0.25) is 5.02 Å². The molecule has 0 heterocycles.